The van der Waals surface area contributed by atoms with E-state index in [4.69, 9.17) is 4.74 Å². The summed E-state index contributed by atoms with van der Waals surface area (Å²) in [7, 11) is 0. The van der Waals surface area contributed by atoms with Gasteiger partial charge in [-0.25, -0.2) is 4.98 Å². The van der Waals surface area contributed by atoms with Gasteiger partial charge in [-0.3, -0.25) is 14.2 Å². The molecule has 156 valence electrons. The van der Waals surface area contributed by atoms with Crippen LogP contribution in [0.3, 0.4) is 0 Å². The third-order valence-electron chi connectivity index (χ3n) is 5.36. The Balaban J connectivity index is 1.74. The maximum absolute atomic E-state index is 12.6. The number of hydrogen-bond acceptors (Lipinski definition) is 5. The van der Waals surface area contributed by atoms with Crippen LogP contribution in [0.5, 0.6) is 0 Å². The molecule has 0 saturated heterocycles. The molecule has 0 spiro atoms. The lowest BCUT2D eigenvalue weighted by molar-refractivity contribution is -0.159. The number of benzene rings is 1. The Bertz CT molecular complexity index is 839. The SMILES string of the molecule is CCN(c1ccccc1CC(=O)n1ccnc1)C1CCC(C(=O)OC(C)(C)C)C1. The molecule has 1 fully saturated rings. The Hall–Kier alpha value is -2.63. The smallest absolute Gasteiger partial charge is 0.309 e. The fourth-order valence-electron chi connectivity index (χ4n) is 4.07. The lowest BCUT2D eigenvalue weighted by atomic mass is 10.0. The maximum atomic E-state index is 12.6. The van der Waals surface area contributed by atoms with Crippen LogP contribution in [0.4, 0.5) is 5.69 Å². The van der Waals surface area contributed by atoms with Gasteiger partial charge in [-0.05, 0) is 58.6 Å². The summed E-state index contributed by atoms with van der Waals surface area (Å²) in [5.41, 5.74) is 1.60. The van der Waals surface area contributed by atoms with Crippen LogP contribution in [-0.4, -0.2) is 39.6 Å². The second-order valence-electron chi connectivity index (χ2n) is 8.65. The highest BCUT2D eigenvalue weighted by Gasteiger charge is 2.36. The summed E-state index contributed by atoms with van der Waals surface area (Å²) in [4.78, 5) is 31.4. The van der Waals surface area contributed by atoms with Gasteiger partial charge in [0.2, 0.25) is 5.91 Å². The van der Waals surface area contributed by atoms with Crippen molar-refractivity contribution in [1.29, 1.82) is 0 Å². The molecule has 6 heteroatoms. The molecule has 0 radical (unpaired) electrons. The molecule has 2 aromatic rings. The highest BCUT2D eigenvalue weighted by atomic mass is 16.6. The van der Waals surface area contributed by atoms with E-state index in [1.54, 1.807) is 12.4 Å². The van der Waals surface area contributed by atoms with Gasteiger partial charge < -0.3 is 9.64 Å². The number of nitrogens with zero attached hydrogens (tertiary/aromatic N) is 3. The van der Waals surface area contributed by atoms with Gasteiger partial charge in [-0.1, -0.05) is 18.2 Å². The minimum atomic E-state index is -0.458. The van der Waals surface area contributed by atoms with Crippen molar-refractivity contribution in [1.82, 2.24) is 9.55 Å². The molecule has 1 aromatic heterocycles. The molecule has 0 aliphatic heterocycles. The quantitative estimate of drug-likeness (QED) is 0.687. The van der Waals surface area contributed by atoms with Crippen molar-refractivity contribution in [2.24, 2.45) is 5.92 Å². The average Bonchev–Trinajstić information content (AvgIpc) is 3.34. The number of carbonyl (C=O) groups excluding carboxylic acids is 2. The van der Waals surface area contributed by atoms with E-state index in [0.717, 1.165) is 37.1 Å². The Kier molecular flexibility index (Phi) is 6.40. The van der Waals surface area contributed by atoms with Crippen LogP contribution in [0.15, 0.2) is 43.0 Å². The highest BCUT2D eigenvalue weighted by molar-refractivity contribution is 5.83. The zero-order valence-electron chi connectivity index (χ0n) is 17.8. The van der Waals surface area contributed by atoms with Crippen molar-refractivity contribution in [3.05, 3.63) is 48.5 Å². The number of rotatable bonds is 6. The summed E-state index contributed by atoms with van der Waals surface area (Å²) in [5, 5.41) is 0. The fraction of sp³-hybridized carbons (Fsp3) is 0.522. The number of esters is 1. The average molecular weight is 398 g/mol. The summed E-state index contributed by atoms with van der Waals surface area (Å²) in [6.07, 6.45) is 7.69. The summed E-state index contributed by atoms with van der Waals surface area (Å²) < 4.78 is 7.11. The lowest BCUT2D eigenvalue weighted by Gasteiger charge is -2.32. The van der Waals surface area contributed by atoms with Gasteiger partial charge in [0.05, 0.1) is 12.3 Å². The second-order valence-corrected chi connectivity index (χ2v) is 8.65. The molecule has 1 aliphatic carbocycles. The Morgan fingerprint density at radius 1 is 1.24 bits per heavy atom. The number of anilines is 1. The Morgan fingerprint density at radius 2 is 2.00 bits per heavy atom. The Labute approximate surface area is 172 Å². The number of hydrogen-bond donors (Lipinski definition) is 0. The topological polar surface area (TPSA) is 64.4 Å². The summed E-state index contributed by atoms with van der Waals surface area (Å²) in [5.74, 6) is -0.170. The lowest BCUT2D eigenvalue weighted by Crippen LogP contribution is -2.35. The molecule has 6 nitrogen and oxygen atoms in total. The van der Waals surface area contributed by atoms with Crippen LogP contribution in [0.25, 0.3) is 0 Å². The first-order chi connectivity index (χ1) is 13.8. The molecule has 2 unspecified atom stereocenters. The first-order valence-electron chi connectivity index (χ1n) is 10.4. The molecule has 1 aliphatic rings. The Morgan fingerprint density at radius 3 is 2.66 bits per heavy atom. The van der Waals surface area contributed by atoms with Gasteiger partial charge in [0, 0.05) is 30.7 Å². The van der Waals surface area contributed by atoms with E-state index in [2.05, 4.69) is 22.9 Å². The van der Waals surface area contributed by atoms with E-state index in [0.29, 0.717) is 6.42 Å². The number of aromatic nitrogens is 2. The predicted octanol–water partition coefficient (Wildman–Crippen LogP) is 4.10. The van der Waals surface area contributed by atoms with Gasteiger partial charge in [-0.2, -0.15) is 0 Å². The van der Waals surface area contributed by atoms with Crippen LogP contribution in [0.1, 0.15) is 57.3 Å². The molecule has 1 aromatic carbocycles. The maximum Gasteiger partial charge on any atom is 0.309 e. The van der Waals surface area contributed by atoms with E-state index >= 15 is 0 Å². The van der Waals surface area contributed by atoms with Crippen molar-refractivity contribution in [3.8, 4) is 0 Å². The van der Waals surface area contributed by atoms with Crippen molar-refractivity contribution < 1.29 is 14.3 Å². The predicted molar refractivity (Wildman–Crippen MR) is 113 cm³/mol. The molecule has 29 heavy (non-hydrogen) atoms. The van der Waals surface area contributed by atoms with Gasteiger partial charge in [0.25, 0.3) is 0 Å². The molecule has 1 saturated carbocycles. The van der Waals surface area contributed by atoms with Crippen LogP contribution in [0, 0.1) is 5.92 Å². The molecule has 3 rings (SSSR count). The zero-order valence-corrected chi connectivity index (χ0v) is 17.8. The van der Waals surface area contributed by atoms with E-state index in [1.807, 2.05) is 39.0 Å². The summed E-state index contributed by atoms with van der Waals surface area (Å²) in [6.45, 7) is 8.66. The van der Waals surface area contributed by atoms with E-state index < -0.39 is 5.60 Å². The van der Waals surface area contributed by atoms with E-state index in [9.17, 15) is 9.59 Å². The van der Waals surface area contributed by atoms with Crippen LogP contribution < -0.4 is 4.90 Å². The molecule has 0 bridgehead atoms. The molecule has 1 heterocycles. The molecule has 0 amide bonds. The van der Waals surface area contributed by atoms with Crippen molar-refractivity contribution in [3.63, 3.8) is 0 Å². The third kappa shape index (κ3) is 5.25. The highest BCUT2D eigenvalue weighted by Crippen LogP contribution is 2.35. The van der Waals surface area contributed by atoms with Gasteiger partial charge in [-0.15, -0.1) is 0 Å². The van der Waals surface area contributed by atoms with Crippen LogP contribution in [0.2, 0.25) is 0 Å². The van der Waals surface area contributed by atoms with Gasteiger partial charge in [0.1, 0.15) is 11.9 Å². The molecule has 2 atom stereocenters. The van der Waals surface area contributed by atoms with Gasteiger partial charge >= 0.3 is 5.97 Å². The van der Waals surface area contributed by atoms with Crippen LogP contribution >= 0.6 is 0 Å². The fourth-order valence-corrected chi connectivity index (χ4v) is 4.07. The molecular formula is C23H31N3O3. The van der Waals surface area contributed by atoms with Crippen molar-refractivity contribution >= 4 is 17.6 Å². The largest absolute Gasteiger partial charge is 0.460 e. The second kappa shape index (κ2) is 8.80. The number of ether oxygens (including phenoxy) is 1. The van der Waals surface area contributed by atoms with Crippen LogP contribution in [-0.2, 0) is 16.0 Å². The monoisotopic (exact) mass is 397 g/mol. The summed E-state index contributed by atoms with van der Waals surface area (Å²) >= 11 is 0. The number of carbonyl (C=O) groups is 2. The zero-order chi connectivity index (χ0) is 21.0. The first kappa shape index (κ1) is 21.1. The summed E-state index contributed by atoms with van der Waals surface area (Å²) in [6, 6.07) is 8.31. The minimum Gasteiger partial charge on any atom is -0.460 e. The van der Waals surface area contributed by atoms with E-state index in [-0.39, 0.29) is 23.8 Å². The minimum absolute atomic E-state index is 0.0101. The van der Waals surface area contributed by atoms with Crippen molar-refractivity contribution in [2.45, 2.75) is 65.0 Å². The third-order valence-corrected chi connectivity index (χ3v) is 5.36. The molecular weight excluding hydrogens is 366 g/mol. The van der Waals surface area contributed by atoms with E-state index in [1.165, 1.54) is 10.9 Å². The van der Waals surface area contributed by atoms with Gasteiger partial charge in [0.15, 0.2) is 0 Å². The molecule has 0 N–H and O–H groups in total. The standard InChI is InChI=1S/C23H31N3O3/c1-5-26(19-11-10-18(14-19)22(28)29-23(2,3)4)20-9-7-6-8-17(20)15-21(27)25-13-12-24-16-25/h6-9,12-13,16,18-19H,5,10-11,14-15H2,1-4H3. The first-order valence-corrected chi connectivity index (χ1v) is 10.4. The normalized spacial score (nSPS) is 19.2. The number of imidazole rings is 1. The number of para-hydroxylation sites is 1. The van der Waals surface area contributed by atoms with Crippen molar-refractivity contribution in [2.75, 3.05) is 11.4 Å².